The number of aromatic nitrogens is 1. The Morgan fingerprint density at radius 3 is 2.60 bits per heavy atom. The van der Waals surface area contributed by atoms with Crippen molar-refractivity contribution in [1.82, 2.24) is 10.3 Å². The monoisotopic (exact) mass is 289 g/mol. The molecule has 20 heavy (non-hydrogen) atoms. The lowest BCUT2D eigenvalue weighted by Crippen LogP contribution is -2.22. The normalized spacial score (nSPS) is 10.8. The van der Waals surface area contributed by atoms with Gasteiger partial charge in [-0.25, -0.2) is 4.98 Å². The average Bonchev–Trinajstić information content (AvgIpc) is 2.94. The van der Waals surface area contributed by atoms with Crippen LogP contribution in [0.4, 0.5) is 0 Å². The molecule has 2 rings (SSSR count). The second-order valence-corrected chi connectivity index (χ2v) is 5.85. The minimum absolute atomic E-state index is 0.0881. The SMILES string of the molecule is CC(C)c1csc(CNC(=O)c2ccc(CN)cc2)n1. The van der Waals surface area contributed by atoms with Crippen LogP contribution < -0.4 is 11.1 Å². The third-order valence-electron chi connectivity index (χ3n) is 3.01. The van der Waals surface area contributed by atoms with Gasteiger partial charge in [0.15, 0.2) is 0 Å². The van der Waals surface area contributed by atoms with E-state index in [1.807, 2.05) is 17.5 Å². The smallest absolute Gasteiger partial charge is 0.251 e. The molecule has 1 amide bonds. The van der Waals surface area contributed by atoms with Crippen LogP contribution in [0.15, 0.2) is 29.6 Å². The lowest BCUT2D eigenvalue weighted by molar-refractivity contribution is 0.0951. The van der Waals surface area contributed by atoms with Gasteiger partial charge in [0, 0.05) is 17.5 Å². The van der Waals surface area contributed by atoms with E-state index in [-0.39, 0.29) is 5.91 Å². The van der Waals surface area contributed by atoms with E-state index in [2.05, 4.69) is 24.1 Å². The first-order valence-electron chi connectivity index (χ1n) is 6.61. The number of carbonyl (C=O) groups is 1. The number of nitrogens with one attached hydrogen (secondary N) is 1. The van der Waals surface area contributed by atoms with Crippen molar-refractivity contribution in [3.05, 3.63) is 51.5 Å². The Morgan fingerprint density at radius 2 is 2.05 bits per heavy atom. The zero-order valence-electron chi connectivity index (χ0n) is 11.7. The number of carbonyl (C=O) groups excluding carboxylic acids is 1. The summed E-state index contributed by atoms with van der Waals surface area (Å²) in [6.07, 6.45) is 0. The maximum atomic E-state index is 12.0. The number of rotatable bonds is 5. The van der Waals surface area contributed by atoms with E-state index in [9.17, 15) is 4.79 Å². The number of thiazole rings is 1. The summed E-state index contributed by atoms with van der Waals surface area (Å²) in [5.74, 6) is 0.328. The van der Waals surface area contributed by atoms with Crippen LogP contribution in [0.25, 0.3) is 0 Å². The highest BCUT2D eigenvalue weighted by atomic mass is 32.1. The third kappa shape index (κ3) is 3.65. The molecule has 4 nitrogen and oxygen atoms in total. The molecular formula is C15H19N3OS. The van der Waals surface area contributed by atoms with Gasteiger partial charge in [0.2, 0.25) is 0 Å². The Balaban J connectivity index is 1.93. The molecule has 0 radical (unpaired) electrons. The van der Waals surface area contributed by atoms with Crippen molar-refractivity contribution in [2.45, 2.75) is 32.9 Å². The highest BCUT2D eigenvalue weighted by Crippen LogP contribution is 2.17. The van der Waals surface area contributed by atoms with Crippen LogP contribution >= 0.6 is 11.3 Å². The van der Waals surface area contributed by atoms with Crippen molar-refractivity contribution in [3.8, 4) is 0 Å². The van der Waals surface area contributed by atoms with E-state index in [1.54, 1.807) is 23.5 Å². The average molecular weight is 289 g/mol. The Labute approximate surface area is 123 Å². The fourth-order valence-electron chi connectivity index (χ4n) is 1.72. The van der Waals surface area contributed by atoms with Crippen molar-refractivity contribution < 1.29 is 4.79 Å². The highest BCUT2D eigenvalue weighted by molar-refractivity contribution is 7.09. The van der Waals surface area contributed by atoms with Crippen molar-refractivity contribution >= 4 is 17.2 Å². The van der Waals surface area contributed by atoms with Crippen LogP contribution in [-0.2, 0) is 13.1 Å². The van der Waals surface area contributed by atoms with Crippen LogP contribution in [0.2, 0.25) is 0 Å². The summed E-state index contributed by atoms with van der Waals surface area (Å²) < 4.78 is 0. The standard InChI is InChI=1S/C15H19N3OS/c1-10(2)13-9-20-14(18-13)8-17-15(19)12-5-3-11(7-16)4-6-12/h3-6,9-10H,7-8,16H2,1-2H3,(H,17,19). The quantitative estimate of drug-likeness (QED) is 0.889. The topological polar surface area (TPSA) is 68.0 Å². The predicted molar refractivity (Wildman–Crippen MR) is 81.7 cm³/mol. The highest BCUT2D eigenvalue weighted by Gasteiger charge is 2.08. The van der Waals surface area contributed by atoms with Crippen molar-refractivity contribution in [1.29, 1.82) is 0 Å². The fourth-order valence-corrected chi connectivity index (χ4v) is 2.62. The summed E-state index contributed by atoms with van der Waals surface area (Å²) in [6.45, 7) is 5.17. The van der Waals surface area contributed by atoms with E-state index < -0.39 is 0 Å². The molecule has 0 saturated carbocycles. The summed E-state index contributed by atoms with van der Waals surface area (Å²) in [7, 11) is 0. The van der Waals surface area contributed by atoms with E-state index in [1.165, 1.54) is 0 Å². The zero-order chi connectivity index (χ0) is 14.5. The minimum Gasteiger partial charge on any atom is -0.346 e. The largest absolute Gasteiger partial charge is 0.346 e. The molecule has 5 heteroatoms. The molecule has 1 heterocycles. The Kier molecular flexibility index (Phi) is 4.87. The van der Waals surface area contributed by atoms with Crippen LogP contribution in [-0.4, -0.2) is 10.9 Å². The fraction of sp³-hybridized carbons (Fsp3) is 0.333. The van der Waals surface area contributed by atoms with Gasteiger partial charge in [0.1, 0.15) is 5.01 Å². The van der Waals surface area contributed by atoms with E-state index in [0.717, 1.165) is 16.3 Å². The Bertz CT molecular complexity index is 575. The van der Waals surface area contributed by atoms with Crippen LogP contribution in [0.5, 0.6) is 0 Å². The van der Waals surface area contributed by atoms with Gasteiger partial charge < -0.3 is 11.1 Å². The van der Waals surface area contributed by atoms with Crippen molar-refractivity contribution in [2.24, 2.45) is 5.73 Å². The van der Waals surface area contributed by atoms with E-state index >= 15 is 0 Å². The number of nitrogens with zero attached hydrogens (tertiary/aromatic N) is 1. The first kappa shape index (κ1) is 14.7. The molecule has 0 bridgehead atoms. The molecule has 106 valence electrons. The molecule has 2 aromatic rings. The van der Waals surface area contributed by atoms with Gasteiger partial charge in [0.05, 0.1) is 12.2 Å². The molecule has 0 atom stereocenters. The van der Waals surface area contributed by atoms with Crippen LogP contribution in [0, 0.1) is 0 Å². The maximum absolute atomic E-state index is 12.0. The summed E-state index contributed by atoms with van der Waals surface area (Å²) >= 11 is 1.58. The second-order valence-electron chi connectivity index (χ2n) is 4.90. The number of amides is 1. The van der Waals surface area contributed by atoms with Crippen molar-refractivity contribution in [3.63, 3.8) is 0 Å². The van der Waals surface area contributed by atoms with Crippen LogP contribution in [0.3, 0.4) is 0 Å². The van der Waals surface area contributed by atoms with Gasteiger partial charge >= 0.3 is 0 Å². The number of benzene rings is 1. The number of hydrogen-bond acceptors (Lipinski definition) is 4. The van der Waals surface area contributed by atoms with Gasteiger partial charge in [-0.2, -0.15) is 0 Å². The van der Waals surface area contributed by atoms with Gasteiger partial charge in [-0.15, -0.1) is 11.3 Å². The number of hydrogen-bond donors (Lipinski definition) is 2. The molecule has 0 aliphatic carbocycles. The van der Waals surface area contributed by atoms with Gasteiger partial charge in [0.25, 0.3) is 5.91 Å². The van der Waals surface area contributed by atoms with E-state index in [0.29, 0.717) is 24.6 Å². The van der Waals surface area contributed by atoms with Gasteiger partial charge in [-0.05, 0) is 23.6 Å². The molecule has 0 fully saturated rings. The molecular weight excluding hydrogens is 270 g/mol. The second kappa shape index (κ2) is 6.63. The molecule has 3 N–H and O–H groups in total. The minimum atomic E-state index is -0.0881. The molecule has 0 aliphatic rings. The van der Waals surface area contributed by atoms with Gasteiger partial charge in [-0.1, -0.05) is 26.0 Å². The molecule has 0 aliphatic heterocycles. The van der Waals surface area contributed by atoms with Crippen molar-refractivity contribution in [2.75, 3.05) is 0 Å². The zero-order valence-corrected chi connectivity index (χ0v) is 12.5. The molecule has 0 saturated heterocycles. The summed E-state index contributed by atoms with van der Waals surface area (Å²) in [4.78, 5) is 16.5. The number of nitrogens with two attached hydrogens (primary N) is 1. The lowest BCUT2D eigenvalue weighted by atomic mass is 10.1. The first-order valence-corrected chi connectivity index (χ1v) is 7.49. The molecule has 1 aromatic carbocycles. The molecule has 1 aromatic heterocycles. The maximum Gasteiger partial charge on any atom is 0.251 e. The summed E-state index contributed by atoms with van der Waals surface area (Å²) in [5, 5.41) is 5.86. The molecule has 0 unspecified atom stereocenters. The first-order chi connectivity index (χ1) is 9.60. The Hall–Kier alpha value is -1.72. The third-order valence-corrected chi connectivity index (χ3v) is 3.88. The van der Waals surface area contributed by atoms with Gasteiger partial charge in [-0.3, -0.25) is 4.79 Å². The lowest BCUT2D eigenvalue weighted by Gasteiger charge is -2.04. The van der Waals surface area contributed by atoms with Crippen LogP contribution in [0.1, 0.15) is 46.4 Å². The summed E-state index contributed by atoms with van der Waals surface area (Å²) in [6, 6.07) is 7.32. The Morgan fingerprint density at radius 1 is 1.35 bits per heavy atom. The predicted octanol–water partition coefficient (Wildman–Crippen LogP) is 2.66. The summed E-state index contributed by atoms with van der Waals surface area (Å²) in [5.41, 5.74) is 8.26. The van der Waals surface area contributed by atoms with E-state index in [4.69, 9.17) is 5.73 Å². The molecule has 0 spiro atoms.